The number of rotatable bonds is 3. The molecular weight excluding hydrogens is 352 g/mol. The lowest BCUT2D eigenvalue weighted by Gasteiger charge is -2.33. The van der Waals surface area contributed by atoms with Crippen LogP contribution in [0.1, 0.15) is 0 Å². The Balaban J connectivity index is 1.52. The standard InChI is InChI=1S/C21H22N6O/c1-25-7-9-27(10-8-25)20-11-15(3-5-23-20)19-12-18-21(28-19)17(4-6-22-18)16-13-24-26(2)14-16/h3-6,11-14H,7-10H2,1-2H3. The van der Waals surface area contributed by atoms with E-state index < -0.39 is 0 Å². The van der Waals surface area contributed by atoms with E-state index in [-0.39, 0.29) is 0 Å². The minimum Gasteiger partial charge on any atom is -0.454 e. The summed E-state index contributed by atoms with van der Waals surface area (Å²) < 4.78 is 8.04. The van der Waals surface area contributed by atoms with E-state index in [2.05, 4.69) is 38.0 Å². The van der Waals surface area contributed by atoms with Gasteiger partial charge in [-0.05, 0) is 25.2 Å². The molecule has 0 spiro atoms. The summed E-state index contributed by atoms with van der Waals surface area (Å²) in [4.78, 5) is 13.7. The Bertz CT molecular complexity index is 1120. The number of aryl methyl sites for hydroxylation is 1. The molecule has 0 radical (unpaired) electrons. The quantitative estimate of drug-likeness (QED) is 0.549. The molecule has 0 atom stereocenters. The minimum absolute atomic E-state index is 0.781. The summed E-state index contributed by atoms with van der Waals surface area (Å²) in [6.45, 7) is 4.07. The molecule has 142 valence electrons. The van der Waals surface area contributed by atoms with Gasteiger partial charge in [-0.3, -0.25) is 9.67 Å². The molecule has 4 aromatic rings. The fourth-order valence-electron chi connectivity index (χ4n) is 3.65. The van der Waals surface area contributed by atoms with Gasteiger partial charge in [-0.1, -0.05) is 0 Å². The minimum atomic E-state index is 0.781. The highest BCUT2D eigenvalue weighted by molar-refractivity contribution is 5.92. The van der Waals surface area contributed by atoms with Gasteiger partial charge < -0.3 is 14.2 Å². The number of anilines is 1. The molecule has 0 unspecified atom stereocenters. The lowest BCUT2D eigenvalue weighted by atomic mass is 10.1. The fourth-order valence-corrected chi connectivity index (χ4v) is 3.65. The van der Waals surface area contributed by atoms with Crippen LogP contribution in [0, 0.1) is 0 Å². The Morgan fingerprint density at radius 2 is 1.75 bits per heavy atom. The number of hydrogen-bond donors (Lipinski definition) is 0. The second-order valence-corrected chi connectivity index (χ2v) is 7.28. The molecule has 0 N–H and O–H groups in total. The summed E-state index contributed by atoms with van der Waals surface area (Å²) in [7, 11) is 4.06. The molecule has 7 nitrogen and oxygen atoms in total. The third-order valence-corrected chi connectivity index (χ3v) is 5.29. The molecule has 1 fully saturated rings. The van der Waals surface area contributed by atoms with E-state index in [0.29, 0.717) is 0 Å². The zero-order valence-corrected chi connectivity index (χ0v) is 16.0. The highest BCUT2D eigenvalue weighted by Crippen LogP contribution is 2.34. The Morgan fingerprint density at radius 3 is 2.54 bits per heavy atom. The van der Waals surface area contributed by atoms with Crippen molar-refractivity contribution in [3.8, 4) is 22.5 Å². The molecule has 1 aliphatic rings. The maximum absolute atomic E-state index is 6.25. The first-order chi connectivity index (χ1) is 13.7. The number of nitrogens with zero attached hydrogens (tertiary/aromatic N) is 6. The van der Waals surface area contributed by atoms with Crippen LogP contribution < -0.4 is 4.90 Å². The number of likely N-dealkylation sites (N-methyl/N-ethyl adjacent to an activating group) is 1. The molecule has 1 aliphatic heterocycles. The van der Waals surface area contributed by atoms with Crippen LogP contribution >= 0.6 is 0 Å². The normalized spacial score (nSPS) is 15.4. The highest BCUT2D eigenvalue weighted by atomic mass is 16.3. The molecular formula is C21H22N6O. The van der Waals surface area contributed by atoms with Crippen molar-refractivity contribution in [3.05, 3.63) is 49.1 Å². The number of hydrogen-bond acceptors (Lipinski definition) is 6. The van der Waals surface area contributed by atoms with Crippen LogP contribution in [0.2, 0.25) is 0 Å². The Hall–Kier alpha value is -3.19. The molecule has 0 saturated carbocycles. The maximum Gasteiger partial charge on any atom is 0.161 e. The van der Waals surface area contributed by atoms with E-state index in [1.54, 1.807) is 4.68 Å². The van der Waals surface area contributed by atoms with Crippen LogP contribution in [-0.4, -0.2) is 57.9 Å². The predicted molar refractivity (Wildman–Crippen MR) is 109 cm³/mol. The average Bonchev–Trinajstić information content (AvgIpc) is 3.35. The van der Waals surface area contributed by atoms with E-state index in [4.69, 9.17) is 4.42 Å². The van der Waals surface area contributed by atoms with Gasteiger partial charge in [0.1, 0.15) is 17.1 Å². The summed E-state index contributed by atoms with van der Waals surface area (Å²) in [6.07, 6.45) is 7.49. The van der Waals surface area contributed by atoms with Gasteiger partial charge >= 0.3 is 0 Å². The molecule has 28 heavy (non-hydrogen) atoms. The van der Waals surface area contributed by atoms with Crippen molar-refractivity contribution in [3.63, 3.8) is 0 Å². The van der Waals surface area contributed by atoms with Gasteiger partial charge in [0.25, 0.3) is 0 Å². The molecule has 4 aromatic heterocycles. The third-order valence-electron chi connectivity index (χ3n) is 5.29. The van der Waals surface area contributed by atoms with Crippen LogP contribution in [0.15, 0.2) is 53.5 Å². The van der Waals surface area contributed by atoms with Crippen LogP contribution in [-0.2, 0) is 7.05 Å². The Morgan fingerprint density at radius 1 is 0.929 bits per heavy atom. The van der Waals surface area contributed by atoms with Crippen molar-refractivity contribution < 1.29 is 4.42 Å². The monoisotopic (exact) mass is 374 g/mol. The summed E-state index contributed by atoms with van der Waals surface area (Å²) in [6, 6.07) is 8.06. The second kappa shape index (κ2) is 6.76. The number of fused-ring (bicyclic) bond motifs is 1. The van der Waals surface area contributed by atoms with E-state index in [0.717, 1.165) is 65.5 Å². The van der Waals surface area contributed by atoms with E-state index in [1.807, 2.05) is 50.0 Å². The highest BCUT2D eigenvalue weighted by Gasteiger charge is 2.17. The summed E-state index contributed by atoms with van der Waals surface area (Å²) in [5.41, 5.74) is 4.65. The van der Waals surface area contributed by atoms with Crippen molar-refractivity contribution in [2.75, 3.05) is 38.1 Å². The molecule has 1 saturated heterocycles. The molecule has 0 aromatic carbocycles. The first-order valence-corrected chi connectivity index (χ1v) is 9.45. The van der Waals surface area contributed by atoms with Crippen LogP contribution in [0.5, 0.6) is 0 Å². The van der Waals surface area contributed by atoms with Crippen molar-refractivity contribution in [1.29, 1.82) is 0 Å². The van der Waals surface area contributed by atoms with Gasteiger partial charge in [0.15, 0.2) is 5.58 Å². The Kier molecular flexibility index (Phi) is 4.09. The lowest BCUT2D eigenvalue weighted by Crippen LogP contribution is -2.44. The fraction of sp³-hybridized carbons (Fsp3) is 0.286. The van der Waals surface area contributed by atoms with Gasteiger partial charge in [0.05, 0.1) is 6.20 Å². The van der Waals surface area contributed by atoms with Gasteiger partial charge in [0.2, 0.25) is 0 Å². The summed E-state index contributed by atoms with van der Waals surface area (Å²) in [5.74, 6) is 1.79. The smallest absolute Gasteiger partial charge is 0.161 e. The number of aromatic nitrogens is 4. The summed E-state index contributed by atoms with van der Waals surface area (Å²) >= 11 is 0. The van der Waals surface area contributed by atoms with E-state index in [9.17, 15) is 0 Å². The van der Waals surface area contributed by atoms with Crippen LogP contribution in [0.25, 0.3) is 33.6 Å². The van der Waals surface area contributed by atoms with Gasteiger partial charge in [-0.2, -0.15) is 5.10 Å². The van der Waals surface area contributed by atoms with Gasteiger partial charge in [-0.25, -0.2) is 4.98 Å². The third kappa shape index (κ3) is 3.03. The van der Waals surface area contributed by atoms with Crippen LogP contribution in [0.4, 0.5) is 5.82 Å². The SMILES string of the molecule is CN1CCN(c2cc(-c3cc4nccc(-c5cnn(C)c5)c4o3)ccn2)CC1. The molecule has 5 rings (SSSR count). The molecule has 5 heterocycles. The molecule has 0 aliphatic carbocycles. The predicted octanol–water partition coefficient (Wildman–Crippen LogP) is 3.04. The maximum atomic E-state index is 6.25. The Labute approximate surface area is 163 Å². The van der Waals surface area contributed by atoms with E-state index >= 15 is 0 Å². The number of piperazine rings is 1. The van der Waals surface area contributed by atoms with Crippen molar-refractivity contribution >= 4 is 16.9 Å². The zero-order valence-electron chi connectivity index (χ0n) is 16.0. The van der Waals surface area contributed by atoms with Gasteiger partial charge in [0, 0.05) is 74.6 Å². The molecule has 7 heteroatoms. The number of pyridine rings is 2. The molecule has 0 bridgehead atoms. The van der Waals surface area contributed by atoms with Crippen molar-refractivity contribution in [2.45, 2.75) is 0 Å². The average molecular weight is 374 g/mol. The largest absolute Gasteiger partial charge is 0.454 e. The van der Waals surface area contributed by atoms with Crippen molar-refractivity contribution in [1.82, 2.24) is 24.6 Å². The first-order valence-electron chi connectivity index (χ1n) is 9.45. The van der Waals surface area contributed by atoms with Crippen molar-refractivity contribution in [2.24, 2.45) is 7.05 Å². The first kappa shape index (κ1) is 16.9. The number of furan rings is 1. The topological polar surface area (TPSA) is 63.2 Å². The van der Waals surface area contributed by atoms with Crippen LogP contribution in [0.3, 0.4) is 0 Å². The molecule has 0 amide bonds. The zero-order chi connectivity index (χ0) is 19.1. The lowest BCUT2D eigenvalue weighted by molar-refractivity contribution is 0.312. The summed E-state index contributed by atoms with van der Waals surface area (Å²) in [5, 5.41) is 4.27. The van der Waals surface area contributed by atoms with E-state index in [1.165, 1.54) is 0 Å². The second-order valence-electron chi connectivity index (χ2n) is 7.28. The van der Waals surface area contributed by atoms with Gasteiger partial charge in [-0.15, -0.1) is 0 Å².